The number of hydrogen-bond acceptors (Lipinski definition) is 6. The van der Waals surface area contributed by atoms with Crippen LogP contribution in [0, 0.1) is 0 Å². The van der Waals surface area contributed by atoms with Crippen molar-refractivity contribution in [1.29, 1.82) is 0 Å². The topological polar surface area (TPSA) is 56.7 Å². The standard InChI is InChI=1S/C20H19N3O3/c1-24-17-8-7-15-14-23(11-12-25-18(15)13-17)20-21-10-9-19(22-20)26-16-5-3-2-4-6-16/h2-10,13H,11-12,14H2,1H3. The minimum atomic E-state index is 0.515. The maximum atomic E-state index is 5.86. The number of aromatic nitrogens is 2. The molecule has 0 amide bonds. The number of para-hydroxylation sites is 1. The molecule has 0 atom stereocenters. The molecule has 0 radical (unpaired) electrons. The maximum Gasteiger partial charge on any atom is 0.229 e. The van der Waals surface area contributed by atoms with Crippen molar-refractivity contribution in [3.63, 3.8) is 0 Å². The number of rotatable bonds is 4. The zero-order valence-electron chi connectivity index (χ0n) is 14.5. The van der Waals surface area contributed by atoms with Crippen LogP contribution in [0.2, 0.25) is 0 Å². The number of fused-ring (bicyclic) bond motifs is 1. The molecule has 26 heavy (non-hydrogen) atoms. The first-order valence-corrected chi connectivity index (χ1v) is 8.42. The highest BCUT2D eigenvalue weighted by Gasteiger charge is 2.18. The summed E-state index contributed by atoms with van der Waals surface area (Å²) in [4.78, 5) is 11.0. The summed E-state index contributed by atoms with van der Waals surface area (Å²) < 4.78 is 16.9. The highest BCUT2D eigenvalue weighted by Crippen LogP contribution is 2.29. The molecule has 0 fully saturated rings. The number of hydrogen-bond donors (Lipinski definition) is 0. The van der Waals surface area contributed by atoms with Crippen molar-refractivity contribution in [1.82, 2.24) is 9.97 Å². The first-order chi connectivity index (χ1) is 12.8. The first kappa shape index (κ1) is 16.2. The normalized spacial score (nSPS) is 13.3. The van der Waals surface area contributed by atoms with Crippen molar-refractivity contribution in [2.24, 2.45) is 0 Å². The summed E-state index contributed by atoms with van der Waals surface area (Å²) in [5, 5.41) is 0. The van der Waals surface area contributed by atoms with Gasteiger partial charge in [0.1, 0.15) is 23.9 Å². The third-order valence-electron chi connectivity index (χ3n) is 4.12. The zero-order valence-corrected chi connectivity index (χ0v) is 14.5. The van der Waals surface area contributed by atoms with Gasteiger partial charge in [0.15, 0.2) is 0 Å². The Labute approximate surface area is 152 Å². The van der Waals surface area contributed by atoms with E-state index in [0.29, 0.717) is 31.5 Å². The van der Waals surface area contributed by atoms with Crippen LogP contribution >= 0.6 is 0 Å². The highest BCUT2D eigenvalue weighted by atomic mass is 16.5. The van der Waals surface area contributed by atoms with Gasteiger partial charge in [-0.1, -0.05) is 18.2 Å². The molecule has 2 heterocycles. The number of ether oxygens (including phenoxy) is 3. The Balaban J connectivity index is 1.56. The molecule has 1 aliphatic rings. The molecule has 0 saturated carbocycles. The lowest BCUT2D eigenvalue weighted by atomic mass is 10.2. The van der Waals surface area contributed by atoms with Gasteiger partial charge in [-0.3, -0.25) is 0 Å². The van der Waals surface area contributed by atoms with Gasteiger partial charge in [-0.15, -0.1) is 0 Å². The van der Waals surface area contributed by atoms with Crippen molar-refractivity contribution in [2.75, 3.05) is 25.2 Å². The molecular weight excluding hydrogens is 330 g/mol. The fourth-order valence-electron chi connectivity index (χ4n) is 2.80. The van der Waals surface area contributed by atoms with Crippen LogP contribution in [-0.4, -0.2) is 30.2 Å². The number of nitrogens with zero attached hydrogens (tertiary/aromatic N) is 3. The maximum absolute atomic E-state index is 5.86. The summed E-state index contributed by atoms with van der Waals surface area (Å²) >= 11 is 0. The highest BCUT2D eigenvalue weighted by molar-refractivity contribution is 5.45. The molecule has 0 aliphatic carbocycles. The van der Waals surface area contributed by atoms with Gasteiger partial charge < -0.3 is 19.1 Å². The van der Waals surface area contributed by atoms with E-state index in [-0.39, 0.29) is 0 Å². The molecule has 0 bridgehead atoms. The Morgan fingerprint density at radius 2 is 1.92 bits per heavy atom. The van der Waals surface area contributed by atoms with Crippen LogP contribution in [0.25, 0.3) is 0 Å². The van der Waals surface area contributed by atoms with Gasteiger partial charge in [-0.2, -0.15) is 4.98 Å². The van der Waals surface area contributed by atoms with Crippen LogP contribution in [-0.2, 0) is 6.54 Å². The largest absolute Gasteiger partial charge is 0.497 e. The monoisotopic (exact) mass is 349 g/mol. The predicted octanol–water partition coefficient (Wildman–Crippen LogP) is 3.68. The van der Waals surface area contributed by atoms with Crippen LogP contribution in [0.3, 0.4) is 0 Å². The van der Waals surface area contributed by atoms with Crippen molar-refractivity contribution < 1.29 is 14.2 Å². The summed E-state index contributed by atoms with van der Waals surface area (Å²) in [5.74, 6) is 3.50. The second-order valence-corrected chi connectivity index (χ2v) is 5.85. The Kier molecular flexibility index (Phi) is 4.55. The van der Waals surface area contributed by atoms with Crippen molar-refractivity contribution in [3.05, 3.63) is 66.4 Å². The Morgan fingerprint density at radius 1 is 1.04 bits per heavy atom. The van der Waals surface area contributed by atoms with Gasteiger partial charge in [0, 0.05) is 30.4 Å². The van der Waals surface area contributed by atoms with Crippen LogP contribution in [0.5, 0.6) is 23.1 Å². The minimum absolute atomic E-state index is 0.515. The fraction of sp³-hybridized carbons (Fsp3) is 0.200. The summed E-state index contributed by atoms with van der Waals surface area (Å²) in [6.45, 7) is 1.90. The Hall–Kier alpha value is -3.28. The van der Waals surface area contributed by atoms with E-state index in [2.05, 4.69) is 14.9 Å². The molecule has 0 unspecified atom stereocenters. The van der Waals surface area contributed by atoms with Crippen LogP contribution in [0.4, 0.5) is 5.95 Å². The average Bonchev–Trinajstić information content (AvgIpc) is 2.91. The molecule has 6 nitrogen and oxygen atoms in total. The average molecular weight is 349 g/mol. The van der Waals surface area contributed by atoms with Gasteiger partial charge in [0.2, 0.25) is 11.8 Å². The molecule has 0 saturated heterocycles. The predicted molar refractivity (Wildman–Crippen MR) is 98.1 cm³/mol. The van der Waals surface area contributed by atoms with E-state index in [9.17, 15) is 0 Å². The molecule has 1 aliphatic heterocycles. The van der Waals surface area contributed by atoms with Gasteiger partial charge in [0.05, 0.1) is 13.7 Å². The molecule has 4 rings (SSSR count). The first-order valence-electron chi connectivity index (χ1n) is 8.42. The van der Waals surface area contributed by atoms with E-state index >= 15 is 0 Å². The van der Waals surface area contributed by atoms with Crippen LogP contribution in [0.1, 0.15) is 5.56 Å². The van der Waals surface area contributed by atoms with E-state index in [1.54, 1.807) is 19.4 Å². The fourth-order valence-corrected chi connectivity index (χ4v) is 2.80. The van der Waals surface area contributed by atoms with Gasteiger partial charge in [-0.05, 0) is 24.3 Å². The Morgan fingerprint density at radius 3 is 2.77 bits per heavy atom. The number of benzene rings is 2. The van der Waals surface area contributed by atoms with Crippen LogP contribution in [0.15, 0.2) is 60.8 Å². The number of anilines is 1. The molecular formula is C20H19N3O3. The van der Waals surface area contributed by atoms with E-state index in [1.807, 2.05) is 48.5 Å². The molecule has 6 heteroatoms. The lowest BCUT2D eigenvalue weighted by molar-refractivity contribution is 0.328. The van der Waals surface area contributed by atoms with Crippen molar-refractivity contribution >= 4 is 5.95 Å². The van der Waals surface area contributed by atoms with E-state index < -0.39 is 0 Å². The van der Waals surface area contributed by atoms with Crippen molar-refractivity contribution in [3.8, 4) is 23.1 Å². The molecule has 0 spiro atoms. The Bertz CT molecular complexity index is 886. The third kappa shape index (κ3) is 3.54. The SMILES string of the molecule is COc1ccc2c(c1)OCCN(c1nccc(Oc3ccccc3)n1)C2. The molecule has 1 aromatic heterocycles. The van der Waals surface area contributed by atoms with E-state index in [0.717, 1.165) is 22.8 Å². The van der Waals surface area contributed by atoms with Gasteiger partial charge in [0.25, 0.3) is 0 Å². The lowest BCUT2D eigenvalue weighted by Crippen LogP contribution is -2.27. The second-order valence-electron chi connectivity index (χ2n) is 5.85. The van der Waals surface area contributed by atoms with Crippen molar-refractivity contribution in [2.45, 2.75) is 6.54 Å². The van der Waals surface area contributed by atoms with E-state index in [4.69, 9.17) is 14.2 Å². The second kappa shape index (κ2) is 7.31. The summed E-state index contributed by atoms with van der Waals surface area (Å²) in [6, 6.07) is 17.2. The molecule has 132 valence electrons. The summed E-state index contributed by atoms with van der Waals surface area (Å²) in [5.41, 5.74) is 1.07. The number of methoxy groups -OCH3 is 1. The smallest absolute Gasteiger partial charge is 0.229 e. The summed E-state index contributed by atoms with van der Waals surface area (Å²) in [6.07, 6.45) is 1.71. The molecule has 3 aromatic rings. The molecule has 2 aromatic carbocycles. The van der Waals surface area contributed by atoms with Crippen LogP contribution < -0.4 is 19.1 Å². The van der Waals surface area contributed by atoms with Gasteiger partial charge >= 0.3 is 0 Å². The lowest BCUT2D eigenvalue weighted by Gasteiger charge is -2.20. The minimum Gasteiger partial charge on any atom is -0.497 e. The third-order valence-corrected chi connectivity index (χ3v) is 4.12. The summed E-state index contributed by atoms with van der Waals surface area (Å²) in [7, 11) is 1.65. The zero-order chi connectivity index (χ0) is 17.8. The van der Waals surface area contributed by atoms with Gasteiger partial charge in [-0.25, -0.2) is 4.98 Å². The molecule has 0 N–H and O–H groups in total. The quantitative estimate of drug-likeness (QED) is 0.716. The van der Waals surface area contributed by atoms with E-state index in [1.165, 1.54) is 0 Å².